The quantitative estimate of drug-likeness (QED) is 0.444. The Morgan fingerprint density at radius 2 is 1.70 bits per heavy atom. The number of carbonyl (C=O) groups is 2. The van der Waals surface area contributed by atoms with Gasteiger partial charge in [0, 0.05) is 25.1 Å². The number of aliphatic carboxylic acids is 1. The summed E-state index contributed by atoms with van der Waals surface area (Å²) in [6.07, 6.45) is 3.02. The minimum absolute atomic E-state index is 0.0144. The molecule has 0 spiro atoms. The van der Waals surface area contributed by atoms with Gasteiger partial charge in [-0.3, -0.25) is 4.79 Å². The molecule has 0 aromatic heterocycles. The van der Waals surface area contributed by atoms with Crippen LogP contribution in [0.25, 0.3) is 11.1 Å². The summed E-state index contributed by atoms with van der Waals surface area (Å²) in [5.74, 6) is 0.377. The third-order valence-electron chi connectivity index (χ3n) is 6.90. The monoisotopic (exact) mass is 508 g/mol. The van der Waals surface area contributed by atoms with Crippen LogP contribution in [0.1, 0.15) is 45.6 Å². The maximum Gasteiger partial charge on any atom is 0.331 e. The van der Waals surface area contributed by atoms with Gasteiger partial charge in [-0.1, -0.05) is 44.2 Å². The molecule has 1 aliphatic heterocycles. The first-order chi connectivity index (χ1) is 17.9. The molecule has 0 saturated heterocycles. The van der Waals surface area contributed by atoms with Gasteiger partial charge in [0.2, 0.25) is 5.91 Å². The highest BCUT2D eigenvalue weighted by molar-refractivity contribution is 5.87. The average molecular weight is 509 g/mol. The maximum absolute atomic E-state index is 12.0. The van der Waals surface area contributed by atoms with Crippen molar-refractivity contribution in [1.29, 1.82) is 0 Å². The predicted octanol–water partition coefficient (Wildman–Crippen LogP) is 4.08. The van der Waals surface area contributed by atoms with Gasteiger partial charge in [0.1, 0.15) is 13.2 Å². The van der Waals surface area contributed by atoms with Crippen LogP contribution >= 0.6 is 0 Å². The smallest absolute Gasteiger partial charge is 0.331 e. The topological polar surface area (TPSA) is 106 Å². The summed E-state index contributed by atoms with van der Waals surface area (Å²) in [5, 5.41) is 16.2. The van der Waals surface area contributed by atoms with Gasteiger partial charge in [-0.25, -0.2) is 4.79 Å². The molecule has 0 radical (unpaired) electrons. The lowest BCUT2D eigenvalue weighted by Gasteiger charge is -2.38. The molecular formula is C29H36N2O6. The van der Waals surface area contributed by atoms with E-state index in [4.69, 9.17) is 14.2 Å². The lowest BCUT2D eigenvalue weighted by atomic mass is 9.87. The molecule has 1 amide bonds. The second-order valence-corrected chi connectivity index (χ2v) is 9.51. The third-order valence-corrected chi connectivity index (χ3v) is 6.90. The molecule has 0 saturated carbocycles. The van der Waals surface area contributed by atoms with Gasteiger partial charge in [-0.2, -0.15) is 0 Å². The molecule has 0 bridgehead atoms. The van der Waals surface area contributed by atoms with Crippen LogP contribution in [-0.2, 0) is 20.9 Å². The van der Waals surface area contributed by atoms with Crippen molar-refractivity contribution in [2.24, 2.45) is 0 Å². The van der Waals surface area contributed by atoms with E-state index in [9.17, 15) is 14.7 Å². The van der Waals surface area contributed by atoms with E-state index in [1.165, 1.54) is 6.92 Å². The minimum atomic E-state index is -0.963. The molecule has 1 aliphatic carbocycles. The van der Waals surface area contributed by atoms with E-state index in [2.05, 4.69) is 22.8 Å². The van der Waals surface area contributed by atoms with Crippen LogP contribution in [0, 0.1) is 0 Å². The number of ether oxygens (including phenoxy) is 3. The largest absolute Gasteiger partial charge is 0.486 e. The van der Waals surface area contributed by atoms with Crippen molar-refractivity contribution in [3.8, 4) is 22.6 Å². The molecule has 37 heavy (non-hydrogen) atoms. The molecular weight excluding hydrogens is 472 g/mol. The Bertz CT molecular complexity index is 1130. The van der Waals surface area contributed by atoms with E-state index in [1.54, 1.807) is 6.08 Å². The maximum atomic E-state index is 12.0. The molecule has 2 aromatic rings. The summed E-state index contributed by atoms with van der Waals surface area (Å²) in [5.41, 5.74) is 3.44. The molecule has 1 heterocycles. The fourth-order valence-corrected chi connectivity index (χ4v) is 4.85. The van der Waals surface area contributed by atoms with Crippen molar-refractivity contribution in [1.82, 2.24) is 10.6 Å². The first-order valence-electron chi connectivity index (χ1n) is 13.0. The van der Waals surface area contributed by atoms with Crippen molar-refractivity contribution in [3.05, 3.63) is 59.7 Å². The number of amides is 1. The van der Waals surface area contributed by atoms with Gasteiger partial charge in [0.15, 0.2) is 11.5 Å². The van der Waals surface area contributed by atoms with Crippen LogP contribution in [-0.4, -0.2) is 54.5 Å². The predicted molar refractivity (Wildman–Crippen MR) is 141 cm³/mol. The van der Waals surface area contributed by atoms with Crippen LogP contribution in [0.2, 0.25) is 0 Å². The van der Waals surface area contributed by atoms with E-state index in [0.717, 1.165) is 41.0 Å². The van der Waals surface area contributed by atoms with E-state index in [1.807, 2.05) is 44.2 Å². The summed E-state index contributed by atoms with van der Waals surface area (Å²) in [7, 11) is 0. The number of carboxylic acid groups (broad SMARTS) is 1. The highest BCUT2D eigenvalue weighted by atomic mass is 16.6. The molecule has 0 fully saturated rings. The lowest BCUT2D eigenvalue weighted by molar-refractivity contribution is -0.133. The van der Waals surface area contributed by atoms with Crippen molar-refractivity contribution in [2.75, 3.05) is 13.2 Å². The summed E-state index contributed by atoms with van der Waals surface area (Å²) in [6, 6.07) is 13.4. The van der Waals surface area contributed by atoms with Gasteiger partial charge in [-0.15, -0.1) is 0 Å². The standard InChI is InChI=1S/C29H36N2O6/c1-4-23(5-2)37-27-16-22(29(33)34)14-24(28(27)31-18(3)32)30-17-19-6-8-20(9-7-19)21-10-11-25-26(15-21)36-13-12-35-25/h6-11,15-16,23-24,27-28,30H,4-5,12-14,17H2,1-3H3,(H,31,32)(H,33,34)/t24-,27+,28+/m0/s1. The number of hydrogen-bond donors (Lipinski definition) is 3. The molecule has 3 atom stereocenters. The molecule has 4 rings (SSSR count). The zero-order valence-electron chi connectivity index (χ0n) is 21.7. The number of benzene rings is 2. The van der Waals surface area contributed by atoms with Gasteiger partial charge >= 0.3 is 5.97 Å². The van der Waals surface area contributed by atoms with Crippen LogP contribution < -0.4 is 20.1 Å². The average Bonchev–Trinajstić information content (AvgIpc) is 2.91. The molecule has 2 aliphatic rings. The fourth-order valence-electron chi connectivity index (χ4n) is 4.85. The minimum Gasteiger partial charge on any atom is -0.486 e. The van der Waals surface area contributed by atoms with Gasteiger partial charge < -0.3 is 30.0 Å². The number of carboxylic acids is 1. The second-order valence-electron chi connectivity index (χ2n) is 9.51. The molecule has 8 nitrogen and oxygen atoms in total. The normalized spacial score (nSPS) is 20.9. The van der Waals surface area contributed by atoms with Crippen molar-refractivity contribution < 1.29 is 28.9 Å². The highest BCUT2D eigenvalue weighted by Gasteiger charge is 2.37. The van der Waals surface area contributed by atoms with Crippen LogP contribution in [0.4, 0.5) is 0 Å². The van der Waals surface area contributed by atoms with Crippen molar-refractivity contribution >= 4 is 11.9 Å². The molecule has 2 aromatic carbocycles. The summed E-state index contributed by atoms with van der Waals surface area (Å²) >= 11 is 0. The zero-order valence-corrected chi connectivity index (χ0v) is 21.7. The second kappa shape index (κ2) is 12.3. The van der Waals surface area contributed by atoms with Crippen molar-refractivity contribution in [3.63, 3.8) is 0 Å². The van der Waals surface area contributed by atoms with Gasteiger partial charge in [0.25, 0.3) is 0 Å². The number of fused-ring (bicyclic) bond motifs is 1. The molecule has 3 N–H and O–H groups in total. The Labute approximate surface area is 218 Å². The van der Waals surface area contributed by atoms with Crippen LogP contribution in [0.3, 0.4) is 0 Å². The van der Waals surface area contributed by atoms with E-state index < -0.39 is 12.1 Å². The number of rotatable bonds is 10. The lowest BCUT2D eigenvalue weighted by Crippen LogP contribution is -2.58. The first-order valence-corrected chi connectivity index (χ1v) is 13.0. The summed E-state index contributed by atoms with van der Waals surface area (Å²) < 4.78 is 17.6. The molecule has 0 unspecified atom stereocenters. The van der Waals surface area contributed by atoms with Crippen LogP contribution in [0.5, 0.6) is 11.5 Å². The Kier molecular flexibility index (Phi) is 8.84. The first kappa shape index (κ1) is 26.7. The third kappa shape index (κ3) is 6.70. The highest BCUT2D eigenvalue weighted by Crippen LogP contribution is 2.34. The number of nitrogens with one attached hydrogen (secondary N) is 2. The molecule has 198 valence electrons. The number of hydrogen-bond acceptors (Lipinski definition) is 6. The van der Waals surface area contributed by atoms with E-state index in [-0.39, 0.29) is 24.1 Å². The fraction of sp³-hybridized carbons (Fsp3) is 0.448. The summed E-state index contributed by atoms with van der Waals surface area (Å²) in [4.78, 5) is 23.9. The Hall–Kier alpha value is -3.36. The van der Waals surface area contributed by atoms with E-state index >= 15 is 0 Å². The van der Waals surface area contributed by atoms with E-state index in [0.29, 0.717) is 31.8 Å². The molecule has 8 heteroatoms. The Morgan fingerprint density at radius 1 is 1.03 bits per heavy atom. The number of carbonyl (C=O) groups excluding carboxylic acids is 1. The van der Waals surface area contributed by atoms with Crippen molar-refractivity contribution in [2.45, 2.75) is 70.9 Å². The van der Waals surface area contributed by atoms with Crippen LogP contribution in [0.15, 0.2) is 54.1 Å². The Morgan fingerprint density at radius 3 is 2.35 bits per heavy atom. The SMILES string of the molecule is CCC(CC)O[C@@H]1C=C(C(=O)O)C[C@H](NCc2ccc(-c3ccc4c(c3)OCCO4)cc2)[C@H]1NC(C)=O. The van der Waals surface area contributed by atoms with Gasteiger partial charge in [-0.05, 0) is 54.2 Å². The summed E-state index contributed by atoms with van der Waals surface area (Å²) in [6.45, 7) is 7.17. The Balaban J connectivity index is 1.48. The van der Waals surface area contributed by atoms with Gasteiger partial charge in [0.05, 0.1) is 18.2 Å². The zero-order chi connectivity index (χ0) is 26.4.